The number of halogens is 3. The number of carbonyl (C=O) groups excluding carboxylic acids is 2. The topological polar surface area (TPSA) is 134 Å². The van der Waals surface area contributed by atoms with Gasteiger partial charge in [-0.2, -0.15) is 13.2 Å². The molecular formula is C37H53F3O8. The highest BCUT2D eigenvalue weighted by Crippen LogP contribution is 2.69. The first kappa shape index (κ1) is 37.2. The number of esters is 1. The molecule has 0 radical (unpaired) electrons. The van der Waals surface area contributed by atoms with Crippen molar-refractivity contribution in [2.75, 3.05) is 7.11 Å². The summed E-state index contributed by atoms with van der Waals surface area (Å²) in [6, 6.07) is 6.73. The Morgan fingerprint density at radius 3 is 2.19 bits per heavy atom. The summed E-state index contributed by atoms with van der Waals surface area (Å²) >= 11 is 0. The molecule has 4 saturated carbocycles. The summed E-state index contributed by atoms with van der Waals surface area (Å²) in [5.41, 5.74) is -6.37. The number of aliphatic hydroxyl groups excluding tert-OH is 3. The van der Waals surface area contributed by atoms with Crippen molar-refractivity contribution in [3.8, 4) is 0 Å². The molecule has 48 heavy (non-hydrogen) atoms. The largest absolute Gasteiger partial charge is 0.459 e. The van der Waals surface area contributed by atoms with Crippen LogP contribution in [0.5, 0.6) is 0 Å². The van der Waals surface area contributed by atoms with Crippen LogP contribution in [0.4, 0.5) is 13.2 Å². The van der Waals surface area contributed by atoms with Crippen LogP contribution in [0.25, 0.3) is 0 Å². The van der Waals surface area contributed by atoms with E-state index in [4.69, 9.17) is 9.47 Å². The zero-order valence-electron chi connectivity index (χ0n) is 28.9. The van der Waals surface area contributed by atoms with Crippen molar-refractivity contribution in [3.63, 3.8) is 0 Å². The van der Waals surface area contributed by atoms with E-state index in [1.54, 1.807) is 19.9 Å². The maximum absolute atomic E-state index is 14.5. The van der Waals surface area contributed by atoms with Crippen molar-refractivity contribution in [1.82, 2.24) is 0 Å². The molecule has 1 aromatic rings. The number of Topliss-reactive ketones (excluding diaryl/α,β-unsaturated/α-hetero) is 1. The lowest BCUT2D eigenvalue weighted by molar-refractivity contribution is -0.279. The van der Waals surface area contributed by atoms with Crippen LogP contribution >= 0.6 is 0 Å². The summed E-state index contributed by atoms with van der Waals surface area (Å²) in [6.45, 7) is 9.57. The van der Waals surface area contributed by atoms with Crippen LogP contribution < -0.4 is 0 Å². The van der Waals surface area contributed by atoms with E-state index in [2.05, 4.69) is 0 Å². The highest BCUT2D eigenvalue weighted by Gasteiger charge is 2.72. The van der Waals surface area contributed by atoms with Crippen molar-refractivity contribution in [2.24, 2.45) is 46.3 Å². The van der Waals surface area contributed by atoms with Gasteiger partial charge in [0, 0.05) is 31.4 Å². The van der Waals surface area contributed by atoms with Crippen LogP contribution in [0.1, 0.15) is 91.5 Å². The fourth-order valence-electron chi connectivity index (χ4n) is 11.0. The van der Waals surface area contributed by atoms with Crippen LogP contribution in [0.3, 0.4) is 0 Å². The lowest BCUT2D eigenvalue weighted by Crippen LogP contribution is -2.70. The van der Waals surface area contributed by atoms with Gasteiger partial charge in [-0.15, -0.1) is 0 Å². The maximum atomic E-state index is 14.5. The third kappa shape index (κ3) is 5.63. The van der Waals surface area contributed by atoms with Crippen LogP contribution in [-0.4, -0.2) is 75.5 Å². The Hall–Kier alpha value is -2.05. The highest BCUT2D eigenvalue weighted by molar-refractivity contribution is 5.86. The highest BCUT2D eigenvalue weighted by atomic mass is 19.4. The van der Waals surface area contributed by atoms with Gasteiger partial charge in [-0.3, -0.25) is 4.79 Å². The zero-order valence-corrected chi connectivity index (χ0v) is 28.9. The quantitative estimate of drug-likeness (QED) is 0.257. The number of aliphatic hydroxyl groups is 4. The molecule has 0 spiro atoms. The molecule has 1 unspecified atom stereocenters. The van der Waals surface area contributed by atoms with Crippen molar-refractivity contribution in [1.29, 1.82) is 0 Å². The fourth-order valence-corrected chi connectivity index (χ4v) is 11.0. The van der Waals surface area contributed by atoms with E-state index < -0.39 is 70.4 Å². The minimum atomic E-state index is -5.08. The second-order valence-corrected chi connectivity index (χ2v) is 16.2. The monoisotopic (exact) mass is 682 g/mol. The number of alkyl halides is 3. The molecule has 0 saturated heterocycles. The van der Waals surface area contributed by atoms with Gasteiger partial charge < -0.3 is 29.9 Å². The van der Waals surface area contributed by atoms with Gasteiger partial charge in [0.1, 0.15) is 11.9 Å². The lowest BCUT2D eigenvalue weighted by atomic mass is 9.41. The third-order valence-electron chi connectivity index (χ3n) is 13.3. The molecule has 0 aromatic heterocycles. The molecule has 4 fully saturated rings. The summed E-state index contributed by atoms with van der Waals surface area (Å²) in [6.07, 6.45) is -6.00. The number of ether oxygens (including phenoxy) is 2. The number of methoxy groups -OCH3 is 1. The maximum Gasteiger partial charge on any atom is 0.432 e. The molecule has 5 rings (SSSR count). The second-order valence-electron chi connectivity index (χ2n) is 16.2. The van der Waals surface area contributed by atoms with E-state index >= 15 is 0 Å². The average molecular weight is 683 g/mol. The number of hydrogen-bond donors (Lipinski definition) is 4. The standard InChI is InChI=1S/C37H53F3O8/c1-20(2)27(48-32(45)36(47-6,37(38,39)40)22-10-8-7-9-11-22)13-12-21(3)23-18-25(42)31-33(23,4)17-15-28-34(5)16-14-24(41)30(44)29(34)26(43)19-35(28,31)46/h7-11,20-21,23-24,26-31,41,43-44,46H,12-19H2,1-6H3/t21-,23-,24+,26+,27+,28-,29?,30+,31-,33-,34-,35+,36-/m1/s1. The van der Waals surface area contributed by atoms with E-state index in [1.807, 2.05) is 20.8 Å². The molecule has 4 aliphatic rings. The average Bonchev–Trinajstić information content (AvgIpc) is 3.28. The first-order valence-corrected chi connectivity index (χ1v) is 17.5. The van der Waals surface area contributed by atoms with Gasteiger partial charge in [0.05, 0.1) is 29.8 Å². The third-order valence-corrected chi connectivity index (χ3v) is 13.3. The minimum absolute atomic E-state index is 0.0535. The number of ketones is 1. The SMILES string of the molecule is CO[C@@](C(=O)O[C@@H](CC[C@@H](C)[C@H]1CC(=O)[C@@H]2[C@]1(C)CC[C@H]1[C@@]2(O)C[C@H](O)C2[C@@H](O)[C@@H](O)CC[C@@]21C)C(C)C)(c1ccccc1)C(F)(F)F. The molecule has 0 amide bonds. The van der Waals surface area contributed by atoms with Crippen molar-refractivity contribution in [3.05, 3.63) is 35.9 Å². The van der Waals surface area contributed by atoms with Crippen LogP contribution in [0.15, 0.2) is 30.3 Å². The first-order chi connectivity index (χ1) is 22.3. The van der Waals surface area contributed by atoms with Gasteiger partial charge in [0.25, 0.3) is 5.60 Å². The molecule has 0 aliphatic heterocycles. The van der Waals surface area contributed by atoms with Gasteiger partial charge >= 0.3 is 12.1 Å². The minimum Gasteiger partial charge on any atom is -0.459 e. The molecule has 270 valence electrons. The Balaban J connectivity index is 1.34. The van der Waals surface area contributed by atoms with Crippen molar-refractivity contribution < 1.29 is 52.7 Å². The predicted molar refractivity (Wildman–Crippen MR) is 170 cm³/mol. The van der Waals surface area contributed by atoms with Gasteiger partial charge in [0.15, 0.2) is 0 Å². The van der Waals surface area contributed by atoms with E-state index in [0.717, 1.165) is 7.11 Å². The zero-order chi connectivity index (χ0) is 35.6. The molecule has 11 heteroatoms. The molecular weight excluding hydrogens is 629 g/mol. The first-order valence-electron chi connectivity index (χ1n) is 17.5. The molecule has 0 bridgehead atoms. The van der Waals surface area contributed by atoms with Crippen LogP contribution in [-0.2, 0) is 24.7 Å². The Morgan fingerprint density at radius 1 is 0.979 bits per heavy atom. The molecule has 4 N–H and O–H groups in total. The number of fused-ring (bicyclic) bond motifs is 5. The van der Waals surface area contributed by atoms with Crippen molar-refractivity contribution in [2.45, 2.75) is 128 Å². The molecule has 0 heterocycles. The van der Waals surface area contributed by atoms with Gasteiger partial charge in [-0.05, 0) is 73.0 Å². The van der Waals surface area contributed by atoms with E-state index in [1.165, 1.54) is 24.3 Å². The van der Waals surface area contributed by atoms with E-state index in [-0.39, 0.29) is 54.3 Å². The molecule has 8 nitrogen and oxygen atoms in total. The summed E-state index contributed by atoms with van der Waals surface area (Å²) in [7, 11) is 0.844. The number of hydrogen-bond acceptors (Lipinski definition) is 8. The Morgan fingerprint density at radius 2 is 1.60 bits per heavy atom. The number of benzene rings is 1. The van der Waals surface area contributed by atoms with E-state index in [9.17, 15) is 43.2 Å². The van der Waals surface area contributed by atoms with Gasteiger partial charge in [0.2, 0.25) is 0 Å². The number of rotatable bonds is 9. The summed E-state index contributed by atoms with van der Waals surface area (Å²) in [4.78, 5) is 27.3. The molecule has 4 aliphatic carbocycles. The van der Waals surface area contributed by atoms with Gasteiger partial charge in [-0.25, -0.2) is 4.79 Å². The Kier molecular flexibility index (Phi) is 10.0. The normalized spacial score (nSPS) is 40.7. The van der Waals surface area contributed by atoms with E-state index in [0.29, 0.717) is 32.1 Å². The van der Waals surface area contributed by atoms with Crippen LogP contribution in [0, 0.1) is 46.3 Å². The van der Waals surface area contributed by atoms with Crippen molar-refractivity contribution >= 4 is 11.8 Å². The fraction of sp³-hybridized carbons (Fsp3) is 0.784. The molecule has 1 aromatic carbocycles. The summed E-state index contributed by atoms with van der Waals surface area (Å²) in [5, 5.41) is 45.1. The van der Waals surface area contributed by atoms with Gasteiger partial charge in [-0.1, -0.05) is 65.0 Å². The Labute approximate surface area is 281 Å². The van der Waals surface area contributed by atoms with Crippen LogP contribution in [0.2, 0.25) is 0 Å². The lowest BCUT2D eigenvalue weighted by Gasteiger charge is -2.65. The summed E-state index contributed by atoms with van der Waals surface area (Å²) in [5.74, 6) is -3.76. The predicted octanol–water partition coefficient (Wildman–Crippen LogP) is 5.33. The Bertz CT molecular complexity index is 1340. The summed E-state index contributed by atoms with van der Waals surface area (Å²) < 4.78 is 54.1. The second kappa shape index (κ2) is 12.9. The smallest absolute Gasteiger partial charge is 0.432 e. The molecule has 13 atom stereocenters. The number of carbonyl (C=O) groups is 2.